The van der Waals surface area contributed by atoms with E-state index in [1.165, 1.54) is 0 Å². The van der Waals surface area contributed by atoms with Crippen molar-refractivity contribution in [3.63, 3.8) is 0 Å². The third-order valence-electron chi connectivity index (χ3n) is 3.36. The molecule has 98 valence electrons. The van der Waals surface area contributed by atoms with E-state index in [9.17, 15) is 4.79 Å². The van der Waals surface area contributed by atoms with E-state index in [1.807, 2.05) is 12.1 Å². The monoisotopic (exact) mass is 267 g/mol. The maximum Gasteiger partial charge on any atom is 0.237 e. The Morgan fingerprint density at radius 3 is 3.06 bits per heavy atom. The van der Waals surface area contributed by atoms with Crippen LogP contribution in [0.15, 0.2) is 18.2 Å². The summed E-state index contributed by atoms with van der Waals surface area (Å²) >= 11 is 5.90. The highest BCUT2D eigenvalue weighted by Crippen LogP contribution is 2.24. The molecule has 1 amide bonds. The molecule has 18 heavy (non-hydrogen) atoms. The van der Waals surface area contributed by atoms with Gasteiger partial charge >= 0.3 is 0 Å². The summed E-state index contributed by atoms with van der Waals surface area (Å²) in [4.78, 5) is 13.9. The number of likely N-dealkylation sites (N-methyl/N-ethyl adjacent to an activating group) is 1. The lowest BCUT2D eigenvalue weighted by Crippen LogP contribution is -2.41. The number of halogens is 1. The minimum atomic E-state index is -0.0214. The van der Waals surface area contributed by atoms with Gasteiger partial charge in [-0.1, -0.05) is 17.7 Å². The van der Waals surface area contributed by atoms with Crippen LogP contribution < -0.4 is 11.1 Å². The molecule has 5 heteroatoms. The van der Waals surface area contributed by atoms with Crippen LogP contribution in [-0.4, -0.2) is 30.4 Å². The minimum Gasteiger partial charge on any atom is -0.398 e. The number of carbonyl (C=O) groups is 1. The number of nitrogens with two attached hydrogens (primary N) is 1. The lowest BCUT2D eigenvalue weighted by Gasteiger charge is -2.23. The molecule has 1 fully saturated rings. The number of nitrogen functional groups attached to an aromatic ring is 1. The fourth-order valence-electron chi connectivity index (χ4n) is 2.40. The Morgan fingerprint density at radius 2 is 2.39 bits per heavy atom. The Labute approximate surface area is 112 Å². The molecule has 0 spiro atoms. The predicted molar refractivity (Wildman–Crippen MR) is 73.4 cm³/mol. The molecule has 3 N–H and O–H groups in total. The van der Waals surface area contributed by atoms with Gasteiger partial charge in [0.1, 0.15) is 0 Å². The first-order chi connectivity index (χ1) is 8.61. The molecule has 2 rings (SSSR count). The maximum absolute atomic E-state index is 11.7. The van der Waals surface area contributed by atoms with Crippen molar-refractivity contribution in [1.82, 2.24) is 10.2 Å². The number of hydrogen-bond donors (Lipinski definition) is 2. The highest BCUT2D eigenvalue weighted by Gasteiger charge is 2.29. The van der Waals surface area contributed by atoms with E-state index in [0.29, 0.717) is 10.7 Å². The first-order valence-corrected chi connectivity index (χ1v) is 6.49. The average molecular weight is 268 g/mol. The fraction of sp³-hybridized carbons (Fsp3) is 0.462. The Bertz CT molecular complexity index is 450. The number of rotatable bonds is 3. The van der Waals surface area contributed by atoms with Gasteiger partial charge in [-0.3, -0.25) is 9.69 Å². The third kappa shape index (κ3) is 2.76. The molecule has 0 saturated carbocycles. The Hall–Kier alpha value is -1.26. The topological polar surface area (TPSA) is 58.4 Å². The van der Waals surface area contributed by atoms with Crippen LogP contribution in [0.25, 0.3) is 0 Å². The van der Waals surface area contributed by atoms with Crippen LogP contribution in [0.2, 0.25) is 5.02 Å². The summed E-state index contributed by atoms with van der Waals surface area (Å²) in [5, 5.41) is 3.29. The molecule has 0 aromatic heterocycles. The summed E-state index contributed by atoms with van der Waals surface area (Å²) in [5.74, 6) is 0.0921. The molecule has 4 nitrogen and oxygen atoms in total. The van der Waals surface area contributed by atoms with Crippen molar-refractivity contribution in [3.8, 4) is 0 Å². The van der Waals surface area contributed by atoms with Crippen LogP contribution in [0.5, 0.6) is 0 Å². The molecule has 1 saturated heterocycles. The summed E-state index contributed by atoms with van der Waals surface area (Å²) < 4.78 is 0. The third-order valence-corrected chi connectivity index (χ3v) is 3.70. The normalized spacial score (nSPS) is 20.0. The van der Waals surface area contributed by atoms with Gasteiger partial charge in [0.05, 0.1) is 16.8 Å². The molecule has 1 aromatic rings. The van der Waals surface area contributed by atoms with Crippen molar-refractivity contribution in [2.75, 3.05) is 19.3 Å². The molecule has 1 unspecified atom stereocenters. The van der Waals surface area contributed by atoms with E-state index in [-0.39, 0.29) is 11.9 Å². The van der Waals surface area contributed by atoms with Crippen LogP contribution in [0, 0.1) is 0 Å². The van der Waals surface area contributed by atoms with E-state index in [2.05, 4.69) is 10.2 Å². The number of carbonyl (C=O) groups excluding carboxylic acids is 1. The van der Waals surface area contributed by atoms with Crippen LogP contribution in [0.4, 0.5) is 5.69 Å². The first kappa shape index (κ1) is 13.2. The molecular formula is C13H18ClN3O. The van der Waals surface area contributed by atoms with E-state index < -0.39 is 0 Å². The lowest BCUT2D eigenvalue weighted by molar-refractivity contribution is -0.125. The second-order valence-electron chi connectivity index (χ2n) is 4.60. The summed E-state index contributed by atoms with van der Waals surface area (Å²) in [5.41, 5.74) is 7.46. The van der Waals surface area contributed by atoms with Gasteiger partial charge in [-0.15, -0.1) is 0 Å². The van der Waals surface area contributed by atoms with Crippen molar-refractivity contribution >= 4 is 23.2 Å². The van der Waals surface area contributed by atoms with E-state index in [0.717, 1.165) is 31.5 Å². The standard InChI is InChI=1S/C13H18ClN3O/c1-16-13(18)12-3-2-6-17(12)8-9-4-5-10(14)11(15)7-9/h4-5,7,12H,2-3,6,8,15H2,1H3,(H,16,18). The molecule has 1 aromatic carbocycles. The number of hydrogen-bond acceptors (Lipinski definition) is 3. The smallest absolute Gasteiger partial charge is 0.237 e. The van der Waals surface area contributed by atoms with Crippen LogP contribution >= 0.6 is 11.6 Å². The van der Waals surface area contributed by atoms with Gasteiger partial charge in [-0.25, -0.2) is 0 Å². The summed E-state index contributed by atoms with van der Waals surface area (Å²) in [6.45, 7) is 1.68. The van der Waals surface area contributed by atoms with Gasteiger partial charge < -0.3 is 11.1 Å². The molecule has 1 atom stereocenters. The number of nitrogens with one attached hydrogen (secondary N) is 1. The van der Waals surface area contributed by atoms with E-state index >= 15 is 0 Å². The number of benzene rings is 1. The Kier molecular flexibility index (Phi) is 4.09. The largest absolute Gasteiger partial charge is 0.398 e. The highest BCUT2D eigenvalue weighted by atomic mass is 35.5. The first-order valence-electron chi connectivity index (χ1n) is 6.11. The zero-order chi connectivity index (χ0) is 13.1. The minimum absolute atomic E-state index is 0.0214. The van der Waals surface area contributed by atoms with Gasteiger partial charge in [0, 0.05) is 13.6 Å². The van der Waals surface area contributed by atoms with Crippen molar-refractivity contribution in [2.24, 2.45) is 0 Å². The van der Waals surface area contributed by atoms with Crippen molar-refractivity contribution in [1.29, 1.82) is 0 Å². The summed E-state index contributed by atoms with van der Waals surface area (Å²) in [6, 6.07) is 5.61. The Morgan fingerprint density at radius 1 is 1.61 bits per heavy atom. The van der Waals surface area contributed by atoms with Gasteiger partial charge in [-0.05, 0) is 37.1 Å². The zero-order valence-corrected chi connectivity index (χ0v) is 11.2. The number of anilines is 1. The molecule has 0 radical (unpaired) electrons. The van der Waals surface area contributed by atoms with E-state index in [4.69, 9.17) is 17.3 Å². The molecule has 0 bridgehead atoms. The van der Waals surface area contributed by atoms with E-state index in [1.54, 1.807) is 13.1 Å². The summed E-state index contributed by atoms with van der Waals surface area (Å²) in [6.07, 6.45) is 1.98. The highest BCUT2D eigenvalue weighted by molar-refractivity contribution is 6.33. The SMILES string of the molecule is CNC(=O)C1CCCN1Cc1ccc(Cl)c(N)c1. The van der Waals surface area contributed by atoms with Crippen LogP contribution in [0.1, 0.15) is 18.4 Å². The molecule has 1 heterocycles. The Balaban J connectivity index is 2.08. The second kappa shape index (κ2) is 5.59. The zero-order valence-electron chi connectivity index (χ0n) is 10.4. The average Bonchev–Trinajstić information content (AvgIpc) is 2.81. The number of nitrogens with zero attached hydrogens (tertiary/aromatic N) is 1. The predicted octanol–water partition coefficient (Wildman–Crippen LogP) is 1.63. The van der Waals surface area contributed by atoms with Crippen molar-refractivity contribution in [3.05, 3.63) is 28.8 Å². The molecule has 1 aliphatic heterocycles. The summed E-state index contributed by atoms with van der Waals surface area (Å²) in [7, 11) is 1.68. The van der Waals surface area contributed by atoms with Crippen molar-refractivity contribution < 1.29 is 4.79 Å². The second-order valence-corrected chi connectivity index (χ2v) is 5.01. The number of amides is 1. The molecule has 0 aliphatic carbocycles. The van der Waals surface area contributed by atoms with Gasteiger partial charge in [0.25, 0.3) is 0 Å². The maximum atomic E-state index is 11.7. The fourth-order valence-corrected chi connectivity index (χ4v) is 2.52. The van der Waals surface area contributed by atoms with Crippen LogP contribution in [-0.2, 0) is 11.3 Å². The van der Waals surface area contributed by atoms with Gasteiger partial charge in [-0.2, -0.15) is 0 Å². The lowest BCUT2D eigenvalue weighted by atomic mass is 10.1. The van der Waals surface area contributed by atoms with Crippen LogP contribution in [0.3, 0.4) is 0 Å². The molecule has 1 aliphatic rings. The number of likely N-dealkylation sites (tertiary alicyclic amines) is 1. The van der Waals surface area contributed by atoms with Gasteiger partial charge in [0.15, 0.2) is 0 Å². The molecular weight excluding hydrogens is 250 g/mol. The van der Waals surface area contributed by atoms with Crippen molar-refractivity contribution in [2.45, 2.75) is 25.4 Å². The quantitative estimate of drug-likeness (QED) is 0.819. The van der Waals surface area contributed by atoms with Gasteiger partial charge in [0.2, 0.25) is 5.91 Å².